The van der Waals surface area contributed by atoms with Crippen molar-refractivity contribution in [3.05, 3.63) is 255 Å². The summed E-state index contributed by atoms with van der Waals surface area (Å²) in [4.78, 5) is 10.3. The fraction of sp³-hybridized carbons (Fsp3) is 0. The second-order valence-electron chi connectivity index (χ2n) is 17.4. The third-order valence-electron chi connectivity index (χ3n) is 13.4. The van der Waals surface area contributed by atoms with Crippen molar-refractivity contribution in [3.63, 3.8) is 0 Å². The molecule has 0 aliphatic rings. The maximum Gasteiger partial charge on any atom is 0.160 e. The molecule has 0 amide bonds. The second kappa shape index (κ2) is 16.4. The van der Waals surface area contributed by atoms with Crippen LogP contribution in [0.3, 0.4) is 0 Å². The van der Waals surface area contributed by atoms with Crippen LogP contribution in [0.1, 0.15) is 0 Å². The van der Waals surface area contributed by atoms with Gasteiger partial charge in [-0.25, -0.2) is 9.97 Å². The molecule has 13 aromatic rings. The topological polar surface area (TPSA) is 35.6 Å². The van der Waals surface area contributed by atoms with Crippen molar-refractivity contribution in [3.8, 4) is 78.7 Å². The molecule has 0 saturated heterocycles. The van der Waals surface area contributed by atoms with Crippen molar-refractivity contribution in [2.45, 2.75) is 0 Å². The van der Waals surface area contributed by atoms with Crippen LogP contribution in [0.5, 0.6) is 0 Å². The maximum atomic E-state index is 5.16. The molecule has 10 aromatic carbocycles. The van der Waals surface area contributed by atoms with Crippen LogP contribution in [0.25, 0.3) is 122 Å². The van der Waals surface area contributed by atoms with E-state index in [1.807, 2.05) is 24.3 Å². The Morgan fingerprint density at radius 2 is 0.588 bits per heavy atom. The van der Waals surface area contributed by atoms with Crippen molar-refractivity contribution >= 4 is 43.6 Å². The van der Waals surface area contributed by atoms with Gasteiger partial charge in [0.05, 0.1) is 33.5 Å². The average molecular weight is 867 g/mol. The summed E-state index contributed by atoms with van der Waals surface area (Å²) in [5.41, 5.74) is 18.9. The first-order chi connectivity index (χ1) is 33.7. The first kappa shape index (κ1) is 39.3. The van der Waals surface area contributed by atoms with E-state index in [1.165, 1.54) is 71.5 Å². The highest BCUT2D eigenvalue weighted by Gasteiger charge is 2.18. The molecule has 4 nitrogen and oxygen atoms in total. The zero-order chi connectivity index (χ0) is 45.0. The minimum absolute atomic E-state index is 0.699. The van der Waals surface area contributed by atoms with E-state index >= 15 is 0 Å². The van der Waals surface area contributed by atoms with Crippen LogP contribution >= 0.6 is 0 Å². The van der Waals surface area contributed by atoms with Crippen molar-refractivity contribution < 1.29 is 0 Å². The molecule has 68 heavy (non-hydrogen) atoms. The molecule has 0 saturated carbocycles. The fourth-order valence-electron chi connectivity index (χ4n) is 10.00. The number of rotatable bonds is 8. The van der Waals surface area contributed by atoms with Gasteiger partial charge in [0.15, 0.2) is 5.82 Å². The van der Waals surface area contributed by atoms with Gasteiger partial charge in [-0.05, 0) is 94.0 Å². The van der Waals surface area contributed by atoms with Crippen LogP contribution in [-0.4, -0.2) is 19.1 Å². The van der Waals surface area contributed by atoms with Crippen LogP contribution in [-0.2, 0) is 0 Å². The number of fused-ring (bicyclic) bond motifs is 6. The van der Waals surface area contributed by atoms with Gasteiger partial charge in [-0.3, -0.25) is 0 Å². The number of aromatic nitrogens is 4. The fourth-order valence-corrected chi connectivity index (χ4v) is 10.00. The second-order valence-corrected chi connectivity index (χ2v) is 17.4. The van der Waals surface area contributed by atoms with Gasteiger partial charge in [0.1, 0.15) is 0 Å². The number of hydrogen-bond acceptors (Lipinski definition) is 2. The zero-order valence-corrected chi connectivity index (χ0v) is 37.0. The van der Waals surface area contributed by atoms with E-state index < -0.39 is 0 Å². The van der Waals surface area contributed by atoms with Crippen LogP contribution in [0.2, 0.25) is 0 Å². The maximum absolute atomic E-state index is 5.16. The Morgan fingerprint density at radius 1 is 0.221 bits per heavy atom. The van der Waals surface area contributed by atoms with Crippen molar-refractivity contribution in [1.82, 2.24) is 19.1 Å². The lowest BCUT2D eigenvalue weighted by Crippen LogP contribution is -1.97. The van der Waals surface area contributed by atoms with E-state index in [2.05, 4.69) is 240 Å². The van der Waals surface area contributed by atoms with E-state index in [1.54, 1.807) is 0 Å². The molecule has 0 N–H and O–H groups in total. The minimum atomic E-state index is 0.699. The van der Waals surface area contributed by atoms with E-state index in [0.29, 0.717) is 5.82 Å². The third kappa shape index (κ3) is 6.86. The standard InChI is InChI=1S/C64H42N4/c1-4-14-43(15-5-1)45-24-26-47(27-25-45)58-42-59(66-64(65-58)49-18-8-3-9-19-49)48-30-36-53(37-31-48)68-60-22-12-10-20-54(60)56-38-32-51(41-63(56)68)50-33-39-62-57(40-50)55-21-11-13-23-61(55)67(62)52-34-28-46(29-35-52)44-16-6-2-7-17-44/h1-42H. The summed E-state index contributed by atoms with van der Waals surface area (Å²) >= 11 is 0. The minimum Gasteiger partial charge on any atom is -0.309 e. The summed E-state index contributed by atoms with van der Waals surface area (Å²) in [6.45, 7) is 0. The molecular formula is C64H42N4. The normalized spacial score (nSPS) is 11.5. The van der Waals surface area contributed by atoms with Gasteiger partial charge in [0.25, 0.3) is 0 Å². The van der Waals surface area contributed by atoms with Crippen LogP contribution in [0.15, 0.2) is 255 Å². The highest BCUT2D eigenvalue weighted by atomic mass is 15.0. The van der Waals surface area contributed by atoms with Crippen molar-refractivity contribution in [2.75, 3.05) is 0 Å². The number of para-hydroxylation sites is 2. The first-order valence-corrected chi connectivity index (χ1v) is 23.1. The monoisotopic (exact) mass is 866 g/mol. The molecule has 0 atom stereocenters. The molecule has 0 fully saturated rings. The van der Waals surface area contributed by atoms with Crippen LogP contribution < -0.4 is 0 Å². The van der Waals surface area contributed by atoms with E-state index in [9.17, 15) is 0 Å². The molecule has 318 valence electrons. The Bertz CT molecular complexity index is 3960. The Kier molecular flexibility index (Phi) is 9.47. The smallest absolute Gasteiger partial charge is 0.160 e. The largest absolute Gasteiger partial charge is 0.309 e. The molecule has 13 rings (SSSR count). The lowest BCUT2D eigenvalue weighted by atomic mass is 10.0. The molecule has 0 spiro atoms. The quantitative estimate of drug-likeness (QED) is 0.153. The zero-order valence-electron chi connectivity index (χ0n) is 37.0. The Hall–Kier alpha value is -9.12. The van der Waals surface area contributed by atoms with Crippen LogP contribution in [0, 0.1) is 0 Å². The number of nitrogens with zero attached hydrogens (tertiary/aromatic N) is 4. The summed E-state index contributed by atoms with van der Waals surface area (Å²) in [7, 11) is 0. The van der Waals surface area contributed by atoms with E-state index in [4.69, 9.17) is 9.97 Å². The van der Waals surface area contributed by atoms with Crippen LogP contribution in [0.4, 0.5) is 0 Å². The SMILES string of the molecule is c1ccc(-c2ccc(-c3cc(-c4ccc(-n5c6ccccc6c6ccc(-c7ccc8c(c7)c7ccccc7n8-c7ccc(-c8ccccc8)cc7)cc65)cc4)nc(-c4ccccc4)n3)cc2)cc1. The Morgan fingerprint density at radius 3 is 1.16 bits per heavy atom. The molecule has 0 aliphatic heterocycles. The molecule has 0 aliphatic carbocycles. The predicted molar refractivity (Wildman–Crippen MR) is 283 cm³/mol. The first-order valence-electron chi connectivity index (χ1n) is 23.1. The summed E-state index contributed by atoms with van der Waals surface area (Å²) < 4.78 is 4.79. The lowest BCUT2D eigenvalue weighted by Gasteiger charge is -2.12. The Labute approximate surface area is 394 Å². The van der Waals surface area contributed by atoms with E-state index in [0.717, 1.165) is 45.0 Å². The van der Waals surface area contributed by atoms with Gasteiger partial charge < -0.3 is 9.13 Å². The predicted octanol–water partition coefficient (Wildman–Crippen LogP) is 16.7. The molecule has 4 heteroatoms. The van der Waals surface area contributed by atoms with Gasteiger partial charge in [-0.2, -0.15) is 0 Å². The highest BCUT2D eigenvalue weighted by molar-refractivity contribution is 6.12. The highest BCUT2D eigenvalue weighted by Crippen LogP contribution is 2.39. The molecule has 3 heterocycles. The summed E-state index contributed by atoms with van der Waals surface area (Å²) in [5, 5.41) is 4.91. The average Bonchev–Trinajstić information content (AvgIpc) is 3.94. The van der Waals surface area contributed by atoms with Gasteiger partial charge >= 0.3 is 0 Å². The summed E-state index contributed by atoms with van der Waals surface area (Å²) in [5.74, 6) is 0.699. The van der Waals surface area contributed by atoms with Gasteiger partial charge in [0.2, 0.25) is 0 Å². The van der Waals surface area contributed by atoms with Crippen molar-refractivity contribution in [2.24, 2.45) is 0 Å². The van der Waals surface area contributed by atoms with Crippen molar-refractivity contribution in [1.29, 1.82) is 0 Å². The number of benzene rings is 10. The molecule has 0 radical (unpaired) electrons. The van der Waals surface area contributed by atoms with Gasteiger partial charge in [-0.15, -0.1) is 0 Å². The summed E-state index contributed by atoms with van der Waals surface area (Å²) in [6, 6.07) is 91.1. The summed E-state index contributed by atoms with van der Waals surface area (Å²) in [6.07, 6.45) is 0. The lowest BCUT2D eigenvalue weighted by molar-refractivity contribution is 1.17. The Balaban J connectivity index is 0.884. The molecule has 0 unspecified atom stereocenters. The van der Waals surface area contributed by atoms with Gasteiger partial charge in [-0.1, -0.05) is 194 Å². The molecule has 3 aromatic heterocycles. The third-order valence-corrected chi connectivity index (χ3v) is 13.4. The molecular weight excluding hydrogens is 825 g/mol. The van der Waals surface area contributed by atoms with E-state index in [-0.39, 0.29) is 0 Å². The number of hydrogen-bond donors (Lipinski definition) is 0. The van der Waals surface area contributed by atoms with Gasteiger partial charge in [0, 0.05) is 49.6 Å². The molecule has 0 bridgehead atoms.